The number of aromatic nitrogens is 4. The lowest BCUT2D eigenvalue weighted by Crippen LogP contribution is -2.29. The van der Waals surface area contributed by atoms with Crippen molar-refractivity contribution in [3.63, 3.8) is 0 Å². The van der Waals surface area contributed by atoms with Crippen LogP contribution >= 0.6 is 0 Å². The number of nitrogens with one attached hydrogen (secondary N) is 1. The monoisotopic (exact) mass is 402 g/mol. The van der Waals surface area contributed by atoms with Gasteiger partial charge in [-0.3, -0.25) is 9.78 Å². The summed E-state index contributed by atoms with van der Waals surface area (Å²) >= 11 is 0. The molecule has 2 aromatic rings. The first kappa shape index (κ1) is 20.0. The Morgan fingerprint density at radius 1 is 1.03 bits per heavy atom. The van der Waals surface area contributed by atoms with Crippen LogP contribution in [0.4, 0.5) is 0 Å². The van der Waals surface area contributed by atoms with Crippen LogP contribution in [0.1, 0.15) is 49.8 Å². The third-order valence-corrected chi connectivity index (χ3v) is 5.63. The van der Waals surface area contributed by atoms with Crippen molar-refractivity contribution < 1.29 is 0 Å². The van der Waals surface area contributed by atoms with Gasteiger partial charge in [-0.2, -0.15) is 4.98 Å². The van der Waals surface area contributed by atoms with E-state index in [1.807, 2.05) is 16.7 Å². The molecule has 2 aliphatic rings. The normalized spacial score (nSPS) is 11.6. The summed E-state index contributed by atoms with van der Waals surface area (Å²) < 4.78 is 1.97. The SMILES string of the molecule is CCc1ccccc1CCCn1c2nc(=O)[nH]c(=O)c-2nc2cc(C(C)C)ccc21. The number of hydrogen-bond donors (Lipinski definition) is 1. The van der Waals surface area contributed by atoms with Gasteiger partial charge < -0.3 is 4.57 Å². The quantitative estimate of drug-likeness (QED) is 0.496. The highest BCUT2D eigenvalue weighted by atomic mass is 16.2. The van der Waals surface area contributed by atoms with Crippen molar-refractivity contribution in [1.82, 2.24) is 19.5 Å². The molecule has 2 aromatic carbocycles. The molecule has 30 heavy (non-hydrogen) atoms. The van der Waals surface area contributed by atoms with E-state index >= 15 is 0 Å². The van der Waals surface area contributed by atoms with Gasteiger partial charge in [0.2, 0.25) is 0 Å². The molecular formula is C24H26N4O2. The van der Waals surface area contributed by atoms with Gasteiger partial charge in [0.05, 0.1) is 11.0 Å². The predicted octanol–water partition coefficient (Wildman–Crippen LogP) is 3.90. The van der Waals surface area contributed by atoms with Crippen LogP contribution < -0.4 is 11.2 Å². The van der Waals surface area contributed by atoms with Crippen LogP contribution in [0, 0.1) is 0 Å². The molecule has 0 bridgehead atoms. The van der Waals surface area contributed by atoms with E-state index in [1.54, 1.807) is 0 Å². The summed E-state index contributed by atoms with van der Waals surface area (Å²) in [4.78, 5) is 35.2. The number of aromatic amines is 1. The Morgan fingerprint density at radius 2 is 1.80 bits per heavy atom. The molecule has 154 valence electrons. The highest BCUT2D eigenvalue weighted by molar-refractivity contribution is 5.80. The molecule has 0 radical (unpaired) electrons. The first-order valence-corrected chi connectivity index (χ1v) is 10.5. The first-order valence-electron chi connectivity index (χ1n) is 10.5. The van der Waals surface area contributed by atoms with Crippen molar-refractivity contribution in [1.29, 1.82) is 0 Å². The zero-order valence-corrected chi connectivity index (χ0v) is 17.6. The topological polar surface area (TPSA) is 80.6 Å². The lowest BCUT2D eigenvalue weighted by atomic mass is 10.0. The van der Waals surface area contributed by atoms with Crippen LogP contribution in [0.2, 0.25) is 0 Å². The van der Waals surface area contributed by atoms with E-state index in [0.717, 1.165) is 35.9 Å². The van der Waals surface area contributed by atoms with Gasteiger partial charge in [-0.25, -0.2) is 9.78 Å². The van der Waals surface area contributed by atoms with Gasteiger partial charge in [-0.05, 0) is 54.0 Å². The second-order valence-electron chi connectivity index (χ2n) is 7.94. The number of hydrogen-bond acceptors (Lipinski definition) is 4. The summed E-state index contributed by atoms with van der Waals surface area (Å²) in [5.41, 5.74) is 4.54. The molecule has 6 nitrogen and oxygen atoms in total. The van der Waals surface area contributed by atoms with Crippen molar-refractivity contribution in [3.05, 3.63) is 80.0 Å². The van der Waals surface area contributed by atoms with Crippen molar-refractivity contribution in [2.24, 2.45) is 0 Å². The Morgan fingerprint density at radius 3 is 2.53 bits per heavy atom. The molecule has 2 aliphatic heterocycles. The van der Waals surface area contributed by atoms with Crippen LogP contribution in [0.3, 0.4) is 0 Å². The Kier molecular flexibility index (Phi) is 5.48. The van der Waals surface area contributed by atoms with E-state index in [9.17, 15) is 9.59 Å². The van der Waals surface area contributed by atoms with Gasteiger partial charge in [0.15, 0.2) is 11.5 Å². The lowest BCUT2D eigenvalue weighted by Gasteiger charge is -2.18. The maximum absolute atomic E-state index is 12.4. The fourth-order valence-electron chi connectivity index (χ4n) is 3.98. The number of nitrogens with zero attached hydrogens (tertiary/aromatic N) is 3. The zero-order chi connectivity index (χ0) is 21.3. The van der Waals surface area contributed by atoms with E-state index < -0.39 is 11.2 Å². The minimum atomic E-state index is -0.641. The molecule has 1 N–H and O–H groups in total. The summed E-state index contributed by atoms with van der Waals surface area (Å²) in [7, 11) is 0. The molecule has 2 heterocycles. The number of rotatable bonds is 6. The minimum absolute atomic E-state index is 0.206. The number of fused-ring (bicyclic) bond motifs is 2. The van der Waals surface area contributed by atoms with Crippen LogP contribution in [0.15, 0.2) is 52.1 Å². The molecule has 4 rings (SSSR count). The molecule has 0 atom stereocenters. The second-order valence-corrected chi connectivity index (χ2v) is 7.94. The molecule has 0 aliphatic carbocycles. The highest BCUT2D eigenvalue weighted by Crippen LogP contribution is 2.25. The average molecular weight is 402 g/mol. The van der Waals surface area contributed by atoms with Gasteiger partial charge >= 0.3 is 5.69 Å². The van der Waals surface area contributed by atoms with Gasteiger partial charge in [0.1, 0.15) is 0 Å². The van der Waals surface area contributed by atoms with E-state index in [0.29, 0.717) is 18.3 Å². The fourth-order valence-corrected chi connectivity index (χ4v) is 3.98. The third-order valence-electron chi connectivity index (χ3n) is 5.63. The summed E-state index contributed by atoms with van der Waals surface area (Å²) in [6.45, 7) is 7.05. The summed E-state index contributed by atoms with van der Waals surface area (Å²) in [5, 5.41) is 0. The summed E-state index contributed by atoms with van der Waals surface area (Å²) in [6, 6.07) is 14.6. The third kappa shape index (κ3) is 3.77. The van der Waals surface area contributed by atoms with Gasteiger partial charge in [0.25, 0.3) is 5.56 Å². The van der Waals surface area contributed by atoms with Crippen LogP contribution in [0.5, 0.6) is 0 Å². The van der Waals surface area contributed by atoms with Crippen molar-refractivity contribution >= 4 is 11.0 Å². The van der Waals surface area contributed by atoms with Gasteiger partial charge in [-0.1, -0.05) is 51.1 Å². The van der Waals surface area contributed by atoms with E-state index in [4.69, 9.17) is 0 Å². The van der Waals surface area contributed by atoms with Crippen LogP contribution in [0.25, 0.3) is 22.6 Å². The summed E-state index contributed by atoms with van der Waals surface area (Å²) in [5.74, 6) is 0.698. The standard InChI is InChI=1S/C24H26N4O2/c1-4-16-8-5-6-9-17(16)10-7-13-28-20-12-11-18(15(2)3)14-19(20)25-21-22(28)26-24(30)27-23(21)29/h5-6,8-9,11-12,14-15H,4,7,10,13H2,1-3H3,(H,27,29,30). The maximum Gasteiger partial charge on any atom is 0.349 e. The zero-order valence-electron chi connectivity index (χ0n) is 17.6. The largest absolute Gasteiger partial charge is 0.349 e. The van der Waals surface area contributed by atoms with E-state index in [2.05, 4.69) is 66.1 Å². The minimum Gasteiger partial charge on any atom is -0.322 e. The molecular weight excluding hydrogens is 376 g/mol. The Bertz CT molecular complexity index is 1290. The van der Waals surface area contributed by atoms with Gasteiger partial charge in [-0.15, -0.1) is 0 Å². The Balaban J connectivity index is 1.79. The molecule has 0 saturated heterocycles. The highest BCUT2D eigenvalue weighted by Gasteiger charge is 2.19. The molecule has 0 unspecified atom stereocenters. The molecule has 6 heteroatoms. The van der Waals surface area contributed by atoms with Gasteiger partial charge in [0, 0.05) is 6.54 Å². The fraction of sp³-hybridized carbons (Fsp3) is 0.333. The Labute approximate surface area is 175 Å². The molecule has 0 saturated carbocycles. The molecule has 0 fully saturated rings. The van der Waals surface area contributed by atoms with Crippen molar-refractivity contribution in [3.8, 4) is 11.5 Å². The molecule has 0 spiro atoms. The molecule has 0 amide bonds. The van der Waals surface area contributed by atoms with E-state index in [1.165, 1.54) is 11.1 Å². The summed E-state index contributed by atoms with van der Waals surface area (Å²) in [6.07, 6.45) is 2.78. The Hall–Kier alpha value is -3.28. The van der Waals surface area contributed by atoms with Crippen molar-refractivity contribution in [2.45, 2.75) is 52.5 Å². The number of H-pyrrole nitrogens is 1. The first-order chi connectivity index (χ1) is 14.5. The van der Waals surface area contributed by atoms with E-state index in [-0.39, 0.29) is 5.69 Å². The predicted molar refractivity (Wildman–Crippen MR) is 119 cm³/mol. The lowest BCUT2D eigenvalue weighted by molar-refractivity contribution is 0.646. The average Bonchev–Trinajstić information content (AvgIpc) is 2.73. The smallest absolute Gasteiger partial charge is 0.322 e. The second kappa shape index (κ2) is 8.22. The molecule has 0 aromatic heterocycles. The number of aryl methyl sites for hydroxylation is 3. The van der Waals surface area contributed by atoms with Crippen LogP contribution in [-0.2, 0) is 19.4 Å². The van der Waals surface area contributed by atoms with Crippen molar-refractivity contribution in [2.75, 3.05) is 0 Å². The van der Waals surface area contributed by atoms with Crippen LogP contribution in [-0.4, -0.2) is 19.5 Å². The maximum atomic E-state index is 12.4. The number of benzene rings is 2.